The fraction of sp³-hybridized carbons (Fsp3) is 0.280. The van der Waals surface area contributed by atoms with Gasteiger partial charge in [-0.25, -0.2) is 4.79 Å². The van der Waals surface area contributed by atoms with E-state index in [4.69, 9.17) is 11.5 Å². The Balaban J connectivity index is 1.77. The van der Waals surface area contributed by atoms with E-state index in [9.17, 15) is 29.4 Å². The van der Waals surface area contributed by atoms with E-state index in [2.05, 4.69) is 15.6 Å². The number of H-pyrrole nitrogens is 1. The molecule has 0 saturated heterocycles. The molecular weight excluding hydrogens is 466 g/mol. The van der Waals surface area contributed by atoms with E-state index in [0.29, 0.717) is 11.1 Å². The molecule has 1 aromatic heterocycles. The van der Waals surface area contributed by atoms with Crippen molar-refractivity contribution in [1.29, 1.82) is 0 Å². The van der Waals surface area contributed by atoms with Gasteiger partial charge in [0.15, 0.2) is 0 Å². The van der Waals surface area contributed by atoms with Crippen LogP contribution in [0.2, 0.25) is 0 Å². The molecule has 11 heteroatoms. The number of hydrogen-bond donors (Lipinski definition) is 7. The molecule has 3 atom stereocenters. The number of benzene rings is 2. The molecule has 0 bridgehead atoms. The molecule has 0 spiro atoms. The molecule has 0 saturated carbocycles. The largest absolute Gasteiger partial charge is 0.508 e. The molecule has 2 aromatic carbocycles. The maximum atomic E-state index is 13.2. The molecule has 0 aliphatic carbocycles. The van der Waals surface area contributed by atoms with Gasteiger partial charge in [0.2, 0.25) is 17.7 Å². The van der Waals surface area contributed by atoms with Crippen LogP contribution >= 0.6 is 0 Å². The third-order valence-electron chi connectivity index (χ3n) is 5.76. The standard InChI is InChI=1S/C25H29N5O6/c26-18(9-10-22(27)32)23(33)29-20(11-14-5-7-16(31)8-6-14)24(34)30-21(25(35)36)12-15-13-28-19-4-2-1-3-17(15)19/h1-8,13,18,20-21,28,31H,9-12,26H2,(H2,27,32)(H,29,33)(H,30,34)(H,35,36)/t18-,20-,21-/m0/s1. The van der Waals surface area contributed by atoms with Gasteiger partial charge in [-0.1, -0.05) is 30.3 Å². The summed E-state index contributed by atoms with van der Waals surface area (Å²) in [5, 5.41) is 25.2. The van der Waals surface area contributed by atoms with E-state index in [1.807, 2.05) is 24.3 Å². The van der Waals surface area contributed by atoms with Crippen molar-refractivity contribution >= 4 is 34.6 Å². The summed E-state index contributed by atoms with van der Waals surface area (Å²) in [6.07, 6.45) is 1.62. The Morgan fingerprint density at radius 2 is 1.58 bits per heavy atom. The summed E-state index contributed by atoms with van der Waals surface area (Å²) in [7, 11) is 0. The fourth-order valence-corrected chi connectivity index (χ4v) is 3.78. The van der Waals surface area contributed by atoms with E-state index in [1.165, 1.54) is 12.1 Å². The second-order valence-electron chi connectivity index (χ2n) is 8.51. The van der Waals surface area contributed by atoms with Crippen LogP contribution in [0.15, 0.2) is 54.7 Å². The second kappa shape index (κ2) is 11.8. The number of carboxylic acid groups (broad SMARTS) is 1. The molecule has 190 valence electrons. The Bertz CT molecular complexity index is 1240. The fourth-order valence-electron chi connectivity index (χ4n) is 3.78. The number of nitrogens with two attached hydrogens (primary N) is 2. The molecule has 0 radical (unpaired) electrons. The van der Waals surface area contributed by atoms with Gasteiger partial charge in [0, 0.05) is 36.4 Å². The first-order valence-electron chi connectivity index (χ1n) is 11.3. The average Bonchev–Trinajstić information content (AvgIpc) is 3.25. The van der Waals surface area contributed by atoms with Crippen molar-refractivity contribution in [3.63, 3.8) is 0 Å². The summed E-state index contributed by atoms with van der Waals surface area (Å²) in [5.74, 6) is -3.22. The van der Waals surface area contributed by atoms with Gasteiger partial charge in [0.25, 0.3) is 0 Å². The van der Waals surface area contributed by atoms with E-state index in [-0.39, 0.29) is 31.4 Å². The number of fused-ring (bicyclic) bond motifs is 1. The topological polar surface area (TPSA) is 201 Å². The molecule has 0 unspecified atom stereocenters. The highest BCUT2D eigenvalue weighted by molar-refractivity contribution is 5.92. The lowest BCUT2D eigenvalue weighted by Crippen LogP contribution is -2.55. The van der Waals surface area contributed by atoms with Crippen molar-refractivity contribution < 1.29 is 29.4 Å². The van der Waals surface area contributed by atoms with E-state index in [0.717, 1.165) is 10.9 Å². The highest BCUT2D eigenvalue weighted by Gasteiger charge is 2.29. The summed E-state index contributed by atoms with van der Waals surface area (Å²) in [4.78, 5) is 51.9. The van der Waals surface area contributed by atoms with E-state index >= 15 is 0 Å². The van der Waals surface area contributed by atoms with Crippen LogP contribution in [0.3, 0.4) is 0 Å². The van der Waals surface area contributed by atoms with Crippen LogP contribution in [0.5, 0.6) is 5.75 Å². The Labute approximate surface area is 206 Å². The third-order valence-corrected chi connectivity index (χ3v) is 5.76. The Hall–Kier alpha value is -4.38. The van der Waals surface area contributed by atoms with Crippen molar-refractivity contribution in [2.45, 2.75) is 43.8 Å². The van der Waals surface area contributed by atoms with Gasteiger partial charge in [0.05, 0.1) is 6.04 Å². The monoisotopic (exact) mass is 495 g/mol. The van der Waals surface area contributed by atoms with Gasteiger partial charge in [0.1, 0.15) is 17.8 Å². The summed E-state index contributed by atoms with van der Waals surface area (Å²) in [6, 6.07) is 9.90. The second-order valence-corrected chi connectivity index (χ2v) is 8.51. The van der Waals surface area contributed by atoms with Crippen molar-refractivity contribution in [2.75, 3.05) is 0 Å². The predicted molar refractivity (Wildman–Crippen MR) is 132 cm³/mol. The molecule has 3 rings (SSSR count). The SMILES string of the molecule is NC(=O)CC[C@H](N)C(=O)N[C@@H](Cc1ccc(O)cc1)C(=O)N[C@@H](Cc1c[nH]c2ccccc12)C(=O)O. The molecule has 3 aromatic rings. The molecule has 0 aliphatic heterocycles. The number of rotatable bonds is 12. The number of phenols is 1. The molecular formula is C25H29N5O6. The van der Waals surface area contributed by atoms with Crippen molar-refractivity contribution in [3.05, 3.63) is 65.9 Å². The van der Waals surface area contributed by atoms with E-state index < -0.39 is 41.8 Å². The normalized spacial score (nSPS) is 13.5. The Morgan fingerprint density at radius 1 is 0.917 bits per heavy atom. The van der Waals surface area contributed by atoms with E-state index in [1.54, 1.807) is 18.3 Å². The zero-order valence-electron chi connectivity index (χ0n) is 19.4. The van der Waals surface area contributed by atoms with Gasteiger partial charge >= 0.3 is 5.97 Å². The first-order chi connectivity index (χ1) is 17.1. The predicted octanol–water partition coefficient (Wildman–Crippen LogP) is 0.306. The maximum absolute atomic E-state index is 13.2. The number of amides is 3. The summed E-state index contributed by atoms with van der Waals surface area (Å²) in [5.41, 5.74) is 13.1. The van der Waals surface area contributed by atoms with Crippen LogP contribution in [0.1, 0.15) is 24.0 Å². The number of para-hydroxylation sites is 1. The minimum atomic E-state index is -1.26. The molecule has 3 amide bonds. The van der Waals surface area contributed by atoms with Gasteiger partial charge in [-0.3, -0.25) is 14.4 Å². The number of carboxylic acids is 1. The molecule has 11 nitrogen and oxygen atoms in total. The number of primary amides is 1. The molecule has 0 aliphatic rings. The molecule has 0 fully saturated rings. The van der Waals surface area contributed by atoms with Crippen LogP contribution in [-0.4, -0.2) is 57.0 Å². The van der Waals surface area contributed by atoms with Crippen molar-refractivity contribution in [1.82, 2.24) is 15.6 Å². The summed E-state index contributed by atoms with van der Waals surface area (Å²) >= 11 is 0. The van der Waals surface area contributed by atoms with Crippen LogP contribution < -0.4 is 22.1 Å². The first kappa shape index (κ1) is 26.2. The average molecular weight is 496 g/mol. The van der Waals surface area contributed by atoms with Crippen LogP contribution in [0.25, 0.3) is 10.9 Å². The molecule has 9 N–H and O–H groups in total. The lowest BCUT2D eigenvalue weighted by Gasteiger charge is -2.23. The number of phenolic OH excluding ortho intramolecular Hbond substituents is 1. The number of aliphatic carboxylic acids is 1. The smallest absolute Gasteiger partial charge is 0.326 e. The Kier molecular flexibility index (Phi) is 8.63. The highest BCUT2D eigenvalue weighted by atomic mass is 16.4. The highest BCUT2D eigenvalue weighted by Crippen LogP contribution is 2.19. The summed E-state index contributed by atoms with van der Waals surface area (Å²) in [6.45, 7) is 0. The van der Waals surface area contributed by atoms with Crippen LogP contribution in [-0.2, 0) is 32.0 Å². The van der Waals surface area contributed by atoms with Crippen LogP contribution in [0, 0.1) is 0 Å². The summed E-state index contributed by atoms with van der Waals surface area (Å²) < 4.78 is 0. The number of hydrogen-bond acceptors (Lipinski definition) is 6. The van der Waals surface area contributed by atoms with Crippen LogP contribution in [0.4, 0.5) is 0 Å². The minimum absolute atomic E-state index is 0.00691. The Morgan fingerprint density at radius 3 is 2.25 bits per heavy atom. The quantitative estimate of drug-likeness (QED) is 0.187. The lowest BCUT2D eigenvalue weighted by molar-refractivity contribution is -0.142. The molecule has 1 heterocycles. The zero-order chi connectivity index (χ0) is 26.2. The number of nitrogens with one attached hydrogen (secondary N) is 3. The lowest BCUT2D eigenvalue weighted by atomic mass is 10.0. The number of carbonyl (C=O) groups excluding carboxylic acids is 3. The number of aromatic amines is 1. The zero-order valence-corrected chi connectivity index (χ0v) is 19.4. The van der Waals surface area contributed by atoms with Gasteiger partial charge in [-0.15, -0.1) is 0 Å². The number of carbonyl (C=O) groups is 4. The third kappa shape index (κ3) is 7.06. The van der Waals surface area contributed by atoms with Crippen molar-refractivity contribution in [2.24, 2.45) is 11.5 Å². The minimum Gasteiger partial charge on any atom is -0.508 e. The van der Waals surface area contributed by atoms with Gasteiger partial charge in [-0.2, -0.15) is 0 Å². The van der Waals surface area contributed by atoms with Gasteiger partial charge in [-0.05, 0) is 35.7 Å². The molecule has 36 heavy (non-hydrogen) atoms. The van der Waals surface area contributed by atoms with Crippen molar-refractivity contribution in [3.8, 4) is 5.75 Å². The first-order valence-corrected chi connectivity index (χ1v) is 11.3. The number of aromatic nitrogens is 1. The van der Waals surface area contributed by atoms with Gasteiger partial charge < -0.3 is 37.3 Å². The number of aromatic hydroxyl groups is 1. The maximum Gasteiger partial charge on any atom is 0.326 e.